The highest BCUT2D eigenvalue weighted by Crippen LogP contribution is 2.37. The van der Waals surface area contributed by atoms with Crippen LogP contribution in [-0.2, 0) is 11.3 Å². The predicted molar refractivity (Wildman–Crippen MR) is 95.0 cm³/mol. The van der Waals surface area contributed by atoms with Gasteiger partial charge >= 0.3 is 0 Å². The second-order valence-electron chi connectivity index (χ2n) is 6.26. The maximum absolute atomic E-state index is 11.7. The van der Waals surface area contributed by atoms with Gasteiger partial charge in [-0.15, -0.1) is 0 Å². The van der Waals surface area contributed by atoms with Crippen LogP contribution in [-0.4, -0.2) is 43.3 Å². The molecule has 2 heterocycles. The Morgan fingerprint density at radius 3 is 2.92 bits per heavy atom. The first kappa shape index (κ1) is 17.5. The quantitative estimate of drug-likeness (QED) is 0.767. The van der Waals surface area contributed by atoms with Crippen LogP contribution >= 0.6 is 15.9 Å². The number of halogens is 1. The molecule has 0 aromatic heterocycles. The van der Waals surface area contributed by atoms with E-state index in [0.29, 0.717) is 25.6 Å². The van der Waals surface area contributed by atoms with Gasteiger partial charge in [-0.3, -0.25) is 9.69 Å². The van der Waals surface area contributed by atoms with Crippen molar-refractivity contribution in [1.82, 2.24) is 10.2 Å². The number of rotatable bonds is 6. The summed E-state index contributed by atoms with van der Waals surface area (Å²) < 4.78 is 11.9. The lowest BCUT2D eigenvalue weighted by Gasteiger charge is -2.36. The molecular weight excluding hydrogens is 374 g/mol. The number of nitrogens with two attached hydrogens (primary N) is 1. The first-order valence-corrected chi connectivity index (χ1v) is 9.25. The smallest absolute Gasteiger partial charge is 0.231 e. The monoisotopic (exact) mass is 397 g/mol. The summed E-state index contributed by atoms with van der Waals surface area (Å²) in [4.78, 5) is 14.1. The van der Waals surface area contributed by atoms with Crippen molar-refractivity contribution in [3.63, 3.8) is 0 Å². The first-order valence-electron chi connectivity index (χ1n) is 8.46. The van der Waals surface area contributed by atoms with E-state index in [0.717, 1.165) is 35.5 Å². The fraction of sp³-hybridized carbons (Fsp3) is 0.588. The summed E-state index contributed by atoms with van der Waals surface area (Å²) in [6, 6.07) is 4.38. The molecule has 1 aromatic carbocycles. The summed E-state index contributed by atoms with van der Waals surface area (Å²) in [5, 5.41) is 3.01. The second kappa shape index (κ2) is 8.18. The normalized spacial score (nSPS) is 20.2. The molecule has 0 spiro atoms. The van der Waals surface area contributed by atoms with E-state index in [-0.39, 0.29) is 12.7 Å². The molecule has 2 aliphatic rings. The third-order valence-electron chi connectivity index (χ3n) is 4.57. The molecule has 0 saturated carbocycles. The number of ether oxygens (including phenoxy) is 2. The van der Waals surface area contributed by atoms with Crippen LogP contribution in [0.4, 0.5) is 0 Å². The van der Waals surface area contributed by atoms with Gasteiger partial charge in [0.15, 0.2) is 11.5 Å². The van der Waals surface area contributed by atoms with Crippen molar-refractivity contribution in [3.05, 3.63) is 22.2 Å². The molecule has 1 unspecified atom stereocenters. The van der Waals surface area contributed by atoms with Crippen molar-refractivity contribution in [2.24, 2.45) is 5.73 Å². The number of amides is 1. The van der Waals surface area contributed by atoms with E-state index >= 15 is 0 Å². The lowest BCUT2D eigenvalue weighted by atomic mass is 10.0. The van der Waals surface area contributed by atoms with E-state index < -0.39 is 0 Å². The molecule has 3 N–H and O–H groups in total. The minimum Gasteiger partial charge on any atom is -0.454 e. The third-order valence-corrected chi connectivity index (χ3v) is 5.31. The highest BCUT2D eigenvalue weighted by molar-refractivity contribution is 9.10. The molecule has 2 aliphatic heterocycles. The molecule has 1 atom stereocenters. The molecular formula is C17H24BrN3O3. The zero-order chi connectivity index (χ0) is 16.9. The van der Waals surface area contributed by atoms with Crippen LogP contribution in [0.5, 0.6) is 11.5 Å². The Labute approximate surface area is 150 Å². The third kappa shape index (κ3) is 4.20. The number of benzene rings is 1. The number of likely N-dealkylation sites (tertiary alicyclic amines) is 1. The van der Waals surface area contributed by atoms with Gasteiger partial charge in [0.1, 0.15) is 0 Å². The lowest BCUT2D eigenvalue weighted by molar-refractivity contribution is -0.121. The largest absolute Gasteiger partial charge is 0.454 e. The van der Waals surface area contributed by atoms with Crippen LogP contribution in [0.1, 0.15) is 31.2 Å². The fourth-order valence-corrected chi connectivity index (χ4v) is 3.70. The molecule has 7 heteroatoms. The van der Waals surface area contributed by atoms with Crippen LogP contribution in [0.25, 0.3) is 0 Å². The van der Waals surface area contributed by atoms with Gasteiger partial charge in [0.05, 0.1) is 0 Å². The lowest BCUT2D eigenvalue weighted by Crippen LogP contribution is -2.46. The van der Waals surface area contributed by atoms with Gasteiger partial charge in [0, 0.05) is 36.6 Å². The highest BCUT2D eigenvalue weighted by atomic mass is 79.9. The van der Waals surface area contributed by atoms with E-state index in [9.17, 15) is 4.79 Å². The Hall–Kier alpha value is -1.31. The van der Waals surface area contributed by atoms with Crippen molar-refractivity contribution in [1.29, 1.82) is 0 Å². The van der Waals surface area contributed by atoms with Gasteiger partial charge in [-0.25, -0.2) is 0 Å². The molecule has 1 aromatic rings. The molecule has 0 aliphatic carbocycles. The zero-order valence-electron chi connectivity index (χ0n) is 13.7. The highest BCUT2D eigenvalue weighted by Gasteiger charge is 2.25. The number of nitrogens with zero attached hydrogens (tertiary/aromatic N) is 1. The Bertz CT molecular complexity index is 597. The van der Waals surface area contributed by atoms with Crippen molar-refractivity contribution in [3.8, 4) is 11.5 Å². The summed E-state index contributed by atoms with van der Waals surface area (Å²) in [6.07, 6.45) is 3.89. The SMILES string of the molecule is NCCC(=O)NCC1CCCCN1Cc1cc2c(cc1Br)OCO2. The number of nitrogens with one attached hydrogen (secondary N) is 1. The molecule has 1 fully saturated rings. The molecule has 24 heavy (non-hydrogen) atoms. The van der Waals surface area contributed by atoms with Gasteiger partial charge in [-0.1, -0.05) is 22.4 Å². The van der Waals surface area contributed by atoms with Crippen LogP contribution in [0.2, 0.25) is 0 Å². The number of carbonyl (C=O) groups excluding carboxylic acids is 1. The molecule has 1 amide bonds. The summed E-state index contributed by atoms with van der Waals surface area (Å²) >= 11 is 3.63. The summed E-state index contributed by atoms with van der Waals surface area (Å²) in [5.74, 6) is 1.63. The topological polar surface area (TPSA) is 76.8 Å². The second-order valence-corrected chi connectivity index (χ2v) is 7.11. The number of hydrogen-bond acceptors (Lipinski definition) is 5. The molecule has 3 rings (SSSR count). The maximum Gasteiger partial charge on any atom is 0.231 e. The summed E-state index contributed by atoms with van der Waals surface area (Å²) in [6.45, 7) is 3.23. The number of carbonyl (C=O) groups is 1. The van der Waals surface area contributed by atoms with E-state index in [1.807, 2.05) is 12.1 Å². The molecule has 0 radical (unpaired) electrons. The Morgan fingerprint density at radius 2 is 2.12 bits per heavy atom. The average Bonchev–Trinajstić information content (AvgIpc) is 3.01. The predicted octanol–water partition coefficient (Wildman–Crippen LogP) is 2.00. The van der Waals surface area contributed by atoms with E-state index in [1.165, 1.54) is 18.4 Å². The van der Waals surface area contributed by atoms with Crippen molar-refractivity contribution in [2.75, 3.05) is 26.4 Å². The standard InChI is InChI=1S/C17H24BrN3O3/c18-14-8-16-15(23-11-24-16)7-12(14)10-21-6-2-1-3-13(21)9-20-17(22)4-5-19/h7-8,13H,1-6,9-11,19H2,(H,20,22). The minimum absolute atomic E-state index is 0.0345. The molecule has 0 bridgehead atoms. The average molecular weight is 398 g/mol. The minimum atomic E-state index is 0.0345. The fourth-order valence-electron chi connectivity index (χ4n) is 3.25. The number of fused-ring (bicyclic) bond motifs is 1. The van der Waals surface area contributed by atoms with Crippen molar-refractivity contribution < 1.29 is 14.3 Å². The Kier molecular flexibility index (Phi) is 5.97. The van der Waals surface area contributed by atoms with Gasteiger partial charge in [-0.05, 0) is 37.1 Å². The van der Waals surface area contributed by atoms with Gasteiger partial charge in [0.2, 0.25) is 12.7 Å². The van der Waals surface area contributed by atoms with Crippen LogP contribution in [0.3, 0.4) is 0 Å². The summed E-state index contributed by atoms with van der Waals surface area (Å²) in [7, 11) is 0. The van der Waals surface area contributed by atoms with E-state index in [2.05, 4.69) is 26.1 Å². The Morgan fingerprint density at radius 1 is 1.33 bits per heavy atom. The van der Waals surface area contributed by atoms with Gasteiger partial charge < -0.3 is 20.5 Å². The van der Waals surface area contributed by atoms with Crippen molar-refractivity contribution >= 4 is 21.8 Å². The number of piperidine rings is 1. The maximum atomic E-state index is 11.7. The van der Waals surface area contributed by atoms with E-state index in [1.54, 1.807) is 0 Å². The van der Waals surface area contributed by atoms with E-state index in [4.69, 9.17) is 15.2 Å². The van der Waals surface area contributed by atoms with Crippen LogP contribution in [0, 0.1) is 0 Å². The Balaban J connectivity index is 1.64. The number of hydrogen-bond donors (Lipinski definition) is 2. The molecule has 1 saturated heterocycles. The summed E-state index contributed by atoms with van der Waals surface area (Å²) in [5.41, 5.74) is 6.61. The molecule has 6 nitrogen and oxygen atoms in total. The zero-order valence-corrected chi connectivity index (χ0v) is 15.3. The van der Waals surface area contributed by atoms with Gasteiger partial charge in [-0.2, -0.15) is 0 Å². The van der Waals surface area contributed by atoms with Gasteiger partial charge in [0.25, 0.3) is 0 Å². The van der Waals surface area contributed by atoms with Crippen LogP contribution < -0.4 is 20.5 Å². The van der Waals surface area contributed by atoms with Crippen LogP contribution in [0.15, 0.2) is 16.6 Å². The molecule has 132 valence electrons. The van der Waals surface area contributed by atoms with Crippen molar-refractivity contribution in [2.45, 2.75) is 38.3 Å². The first-order chi connectivity index (χ1) is 11.7.